The second-order valence-electron chi connectivity index (χ2n) is 8.89. The number of hydrogen-bond acceptors (Lipinski definition) is 5. The van der Waals surface area contributed by atoms with Crippen LogP contribution in [0.5, 0.6) is 0 Å². The minimum Gasteiger partial charge on any atom is -0.370 e. The molecular weight excluding hydrogens is 396 g/mol. The van der Waals surface area contributed by atoms with Gasteiger partial charge >= 0.3 is 0 Å². The fourth-order valence-electron chi connectivity index (χ4n) is 4.98. The van der Waals surface area contributed by atoms with Gasteiger partial charge in [0.25, 0.3) is 0 Å². The number of halogens is 1. The van der Waals surface area contributed by atoms with Crippen LogP contribution in [0, 0.1) is 11.8 Å². The summed E-state index contributed by atoms with van der Waals surface area (Å²) < 4.78 is 0. The average molecular weight is 419 g/mol. The molecule has 1 aromatic rings. The van der Waals surface area contributed by atoms with Crippen LogP contribution in [0.25, 0.3) is 0 Å². The quantitative estimate of drug-likeness (QED) is 0.635. The van der Waals surface area contributed by atoms with E-state index in [9.17, 15) is 19.2 Å². The maximum atomic E-state index is 13.5. The number of hydrogen-bond donors (Lipinski definition) is 3. The Kier molecular flexibility index (Phi) is 4.29. The van der Waals surface area contributed by atoms with E-state index >= 15 is 0 Å². The SMILES string of the molecule is CC(C)(C)N1C(=O)[C@H]2[C@@H](C1=O)[C@]1(N[C@@H]2CCC(N)=O)C(=O)Nc2ccc(Cl)cc21. The van der Waals surface area contributed by atoms with Crippen molar-refractivity contribution in [3.63, 3.8) is 0 Å². The Labute approximate surface area is 173 Å². The van der Waals surface area contributed by atoms with Crippen LogP contribution < -0.4 is 16.4 Å². The number of fused-ring (bicyclic) bond motifs is 4. The zero-order chi connectivity index (χ0) is 21.3. The first-order chi connectivity index (χ1) is 13.5. The van der Waals surface area contributed by atoms with Gasteiger partial charge in [0.15, 0.2) is 0 Å². The minimum atomic E-state index is -1.42. The van der Waals surface area contributed by atoms with Crippen molar-refractivity contribution in [2.45, 2.75) is 50.7 Å². The number of anilines is 1. The molecule has 154 valence electrons. The first kappa shape index (κ1) is 19.8. The Morgan fingerprint density at radius 1 is 1.24 bits per heavy atom. The third-order valence-electron chi connectivity index (χ3n) is 6.05. The minimum absolute atomic E-state index is 0.0397. The predicted octanol–water partition coefficient (Wildman–Crippen LogP) is 1.12. The molecule has 0 saturated carbocycles. The maximum absolute atomic E-state index is 13.5. The highest BCUT2D eigenvalue weighted by Gasteiger charge is 2.71. The second kappa shape index (κ2) is 6.27. The zero-order valence-corrected chi connectivity index (χ0v) is 17.2. The van der Waals surface area contributed by atoms with Crippen LogP contribution in [0.2, 0.25) is 5.02 Å². The Hall–Kier alpha value is -2.45. The van der Waals surface area contributed by atoms with E-state index in [2.05, 4.69) is 10.6 Å². The predicted molar refractivity (Wildman–Crippen MR) is 106 cm³/mol. The number of nitrogens with two attached hydrogens (primary N) is 1. The van der Waals surface area contributed by atoms with Crippen molar-refractivity contribution in [3.05, 3.63) is 28.8 Å². The molecule has 4 rings (SSSR count). The molecule has 2 fully saturated rings. The summed E-state index contributed by atoms with van der Waals surface area (Å²) in [5.41, 5.74) is 4.25. The number of primary amides is 1. The van der Waals surface area contributed by atoms with E-state index in [0.29, 0.717) is 16.3 Å². The normalized spacial score (nSPS) is 30.7. The molecular formula is C20H23ClN4O4. The smallest absolute Gasteiger partial charge is 0.250 e. The number of amides is 4. The highest BCUT2D eigenvalue weighted by Crippen LogP contribution is 2.54. The van der Waals surface area contributed by atoms with Crippen molar-refractivity contribution >= 4 is 40.9 Å². The molecule has 0 radical (unpaired) electrons. The molecule has 4 atom stereocenters. The van der Waals surface area contributed by atoms with Crippen LogP contribution in [0.3, 0.4) is 0 Å². The van der Waals surface area contributed by atoms with Crippen molar-refractivity contribution < 1.29 is 19.2 Å². The third kappa shape index (κ3) is 2.69. The van der Waals surface area contributed by atoms with Gasteiger partial charge in [-0.05, 0) is 45.4 Å². The third-order valence-corrected chi connectivity index (χ3v) is 6.28. The molecule has 0 aliphatic carbocycles. The molecule has 0 aromatic heterocycles. The van der Waals surface area contributed by atoms with Gasteiger partial charge in [0.05, 0.1) is 11.8 Å². The van der Waals surface area contributed by atoms with E-state index in [1.54, 1.807) is 39.0 Å². The first-order valence-corrected chi connectivity index (χ1v) is 9.91. The van der Waals surface area contributed by atoms with Gasteiger partial charge in [0.2, 0.25) is 23.6 Å². The highest BCUT2D eigenvalue weighted by molar-refractivity contribution is 6.31. The molecule has 0 bridgehead atoms. The Morgan fingerprint density at radius 3 is 2.55 bits per heavy atom. The Bertz CT molecular complexity index is 956. The number of carbonyl (C=O) groups excluding carboxylic acids is 4. The van der Waals surface area contributed by atoms with Gasteiger partial charge in [-0.15, -0.1) is 0 Å². The lowest BCUT2D eigenvalue weighted by atomic mass is 9.76. The van der Waals surface area contributed by atoms with Crippen molar-refractivity contribution in [1.82, 2.24) is 10.2 Å². The van der Waals surface area contributed by atoms with E-state index in [1.165, 1.54) is 4.90 Å². The summed E-state index contributed by atoms with van der Waals surface area (Å²) in [7, 11) is 0. The Balaban J connectivity index is 1.88. The van der Waals surface area contributed by atoms with Gasteiger partial charge in [-0.3, -0.25) is 29.4 Å². The van der Waals surface area contributed by atoms with Crippen LogP contribution in [0.1, 0.15) is 39.2 Å². The number of benzene rings is 1. The van der Waals surface area contributed by atoms with Gasteiger partial charge in [-0.1, -0.05) is 11.6 Å². The van der Waals surface area contributed by atoms with Gasteiger partial charge in [0.1, 0.15) is 5.54 Å². The zero-order valence-electron chi connectivity index (χ0n) is 16.4. The molecule has 0 unspecified atom stereocenters. The van der Waals surface area contributed by atoms with Crippen molar-refractivity contribution in [2.24, 2.45) is 17.6 Å². The average Bonchev–Trinajstić information content (AvgIpc) is 3.18. The molecule has 8 nitrogen and oxygen atoms in total. The molecule has 1 aromatic carbocycles. The lowest BCUT2D eigenvalue weighted by Crippen LogP contribution is -2.55. The lowest BCUT2D eigenvalue weighted by Gasteiger charge is -2.34. The summed E-state index contributed by atoms with van der Waals surface area (Å²) in [6.45, 7) is 5.34. The molecule has 29 heavy (non-hydrogen) atoms. The van der Waals surface area contributed by atoms with Crippen LogP contribution in [0.4, 0.5) is 5.69 Å². The largest absolute Gasteiger partial charge is 0.370 e. The van der Waals surface area contributed by atoms with Crippen LogP contribution >= 0.6 is 11.6 Å². The van der Waals surface area contributed by atoms with Gasteiger partial charge in [0, 0.05) is 34.3 Å². The maximum Gasteiger partial charge on any atom is 0.250 e. The summed E-state index contributed by atoms with van der Waals surface area (Å²) in [6, 6.07) is 4.43. The lowest BCUT2D eigenvalue weighted by molar-refractivity contribution is -0.148. The summed E-state index contributed by atoms with van der Waals surface area (Å²) in [5, 5.41) is 6.47. The van der Waals surface area contributed by atoms with Crippen molar-refractivity contribution in [3.8, 4) is 0 Å². The molecule has 3 heterocycles. The van der Waals surface area contributed by atoms with E-state index in [4.69, 9.17) is 17.3 Å². The monoisotopic (exact) mass is 418 g/mol. The van der Waals surface area contributed by atoms with E-state index in [1.807, 2.05) is 0 Å². The number of likely N-dealkylation sites (tertiary alicyclic amines) is 1. The van der Waals surface area contributed by atoms with Crippen molar-refractivity contribution in [2.75, 3.05) is 5.32 Å². The van der Waals surface area contributed by atoms with Gasteiger partial charge in [-0.25, -0.2) is 0 Å². The van der Waals surface area contributed by atoms with E-state index in [0.717, 1.165) is 0 Å². The summed E-state index contributed by atoms with van der Waals surface area (Å²) >= 11 is 6.19. The van der Waals surface area contributed by atoms with Crippen molar-refractivity contribution in [1.29, 1.82) is 0 Å². The summed E-state index contributed by atoms with van der Waals surface area (Å²) in [6.07, 6.45) is 0.288. The first-order valence-electron chi connectivity index (χ1n) is 9.54. The number of imide groups is 1. The highest BCUT2D eigenvalue weighted by atomic mass is 35.5. The number of nitrogens with one attached hydrogen (secondary N) is 2. The molecule has 1 spiro atoms. The fraction of sp³-hybridized carbons (Fsp3) is 0.500. The van der Waals surface area contributed by atoms with E-state index in [-0.39, 0.29) is 18.7 Å². The van der Waals surface area contributed by atoms with Crippen LogP contribution in [-0.4, -0.2) is 40.1 Å². The van der Waals surface area contributed by atoms with Gasteiger partial charge in [-0.2, -0.15) is 0 Å². The number of nitrogens with zero attached hydrogens (tertiary/aromatic N) is 1. The molecule has 9 heteroatoms. The molecule has 2 saturated heterocycles. The van der Waals surface area contributed by atoms with E-state index < -0.39 is 46.7 Å². The van der Waals surface area contributed by atoms with Crippen LogP contribution in [0.15, 0.2) is 18.2 Å². The molecule has 4 amide bonds. The number of rotatable bonds is 3. The van der Waals surface area contributed by atoms with Gasteiger partial charge < -0.3 is 11.1 Å². The topological polar surface area (TPSA) is 122 Å². The fourth-order valence-corrected chi connectivity index (χ4v) is 5.15. The molecule has 3 aliphatic heterocycles. The second-order valence-corrected chi connectivity index (χ2v) is 9.33. The standard InChI is InChI=1S/C20H23ClN4O4/c1-19(2,3)25-16(27)14-12(6-7-13(22)26)24-20(15(14)17(25)28)10-8-9(21)4-5-11(10)23-18(20)29/h4-5,8,12,14-15,24H,6-7H2,1-3H3,(H2,22,26)(H,23,29)/t12-,14-,15+,20+/m1/s1. The summed E-state index contributed by atoms with van der Waals surface area (Å²) in [5.74, 6) is -3.33. The molecule has 3 aliphatic rings. The van der Waals surface area contributed by atoms with Crippen LogP contribution in [-0.2, 0) is 24.7 Å². The summed E-state index contributed by atoms with van der Waals surface area (Å²) in [4.78, 5) is 52.6. The molecule has 4 N–H and O–H groups in total. The Morgan fingerprint density at radius 2 is 1.93 bits per heavy atom. The number of carbonyl (C=O) groups is 4.